The Morgan fingerprint density at radius 2 is 2.41 bits per heavy atom. The van der Waals surface area contributed by atoms with Gasteiger partial charge in [-0.3, -0.25) is 9.78 Å². The van der Waals surface area contributed by atoms with Gasteiger partial charge in [-0.2, -0.15) is 11.8 Å². The number of pyridine rings is 1. The molecule has 1 rings (SSSR count). The lowest BCUT2D eigenvalue weighted by atomic mass is 10.2. The van der Waals surface area contributed by atoms with E-state index < -0.39 is 0 Å². The van der Waals surface area contributed by atoms with Crippen LogP contribution in [0, 0.1) is 0 Å². The number of aromatic nitrogens is 1. The molecular weight excluding hydrogens is 234 g/mol. The number of thioether (sulfide) groups is 1. The zero-order valence-corrected chi connectivity index (χ0v) is 11.1. The van der Waals surface area contributed by atoms with Gasteiger partial charge in [0.1, 0.15) is 0 Å². The van der Waals surface area contributed by atoms with Crippen molar-refractivity contribution >= 4 is 23.4 Å². The van der Waals surface area contributed by atoms with E-state index in [2.05, 4.69) is 17.2 Å². The van der Waals surface area contributed by atoms with Crippen LogP contribution in [0.15, 0.2) is 18.5 Å². The molecular formula is C12H19N3OS. The van der Waals surface area contributed by atoms with Gasteiger partial charge in [-0.1, -0.05) is 6.92 Å². The van der Waals surface area contributed by atoms with Gasteiger partial charge >= 0.3 is 0 Å². The Morgan fingerprint density at radius 1 is 1.65 bits per heavy atom. The van der Waals surface area contributed by atoms with Gasteiger partial charge in [0.2, 0.25) is 0 Å². The summed E-state index contributed by atoms with van der Waals surface area (Å²) in [5.41, 5.74) is 6.63. The van der Waals surface area contributed by atoms with E-state index in [1.165, 1.54) is 6.20 Å². The van der Waals surface area contributed by atoms with E-state index >= 15 is 0 Å². The normalized spacial score (nSPS) is 12.1. The number of hydrogen-bond donors (Lipinski definition) is 2. The monoisotopic (exact) mass is 253 g/mol. The van der Waals surface area contributed by atoms with E-state index in [1.807, 2.05) is 18.7 Å². The molecule has 0 radical (unpaired) electrons. The fourth-order valence-electron chi connectivity index (χ4n) is 1.37. The van der Waals surface area contributed by atoms with Crippen LogP contribution in [-0.2, 0) is 0 Å². The maximum absolute atomic E-state index is 11.9. The predicted octanol–water partition coefficient (Wildman–Crippen LogP) is 1.93. The largest absolute Gasteiger partial charge is 0.398 e. The first-order chi connectivity index (χ1) is 8.15. The van der Waals surface area contributed by atoms with Gasteiger partial charge in [-0.05, 0) is 30.9 Å². The van der Waals surface area contributed by atoms with Crippen molar-refractivity contribution < 1.29 is 4.79 Å². The highest BCUT2D eigenvalue weighted by molar-refractivity contribution is 7.99. The standard InChI is InChI=1S/C12H19N3OS/c1-3-17-7-5-9(2)15-12(16)10-8-14-6-4-11(10)13/h4,6,8-9H,3,5,7H2,1-2H3,(H2,13,14)(H,15,16). The number of carbonyl (C=O) groups is 1. The van der Waals surface area contributed by atoms with Crippen LogP contribution in [0.3, 0.4) is 0 Å². The Hall–Kier alpha value is -1.23. The van der Waals surface area contributed by atoms with Crippen molar-refractivity contribution in [2.45, 2.75) is 26.3 Å². The minimum Gasteiger partial charge on any atom is -0.398 e. The molecule has 1 heterocycles. The van der Waals surface area contributed by atoms with Gasteiger partial charge in [0.05, 0.1) is 5.56 Å². The lowest BCUT2D eigenvalue weighted by Gasteiger charge is -2.14. The summed E-state index contributed by atoms with van der Waals surface area (Å²) in [6, 6.07) is 1.79. The Kier molecular flexibility index (Phi) is 5.83. The smallest absolute Gasteiger partial charge is 0.255 e. The van der Waals surface area contributed by atoms with Gasteiger partial charge in [-0.25, -0.2) is 0 Å². The maximum Gasteiger partial charge on any atom is 0.255 e. The minimum absolute atomic E-state index is 0.149. The molecule has 94 valence electrons. The second-order valence-corrected chi connectivity index (χ2v) is 5.22. The maximum atomic E-state index is 11.9. The van der Waals surface area contributed by atoms with Crippen LogP contribution in [-0.4, -0.2) is 28.4 Å². The number of nitrogens with two attached hydrogens (primary N) is 1. The van der Waals surface area contributed by atoms with Crippen LogP contribution >= 0.6 is 11.8 Å². The average molecular weight is 253 g/mol. The highest BCUT2D eigenvalue weighted by Crippen LogP contribution is 2.09. The van der Waals surface area contributed by atoms with E-state index in [0.29, 0.717) is 11.3 Å². The summed E-state index contributed by atoms with van der Waals surface area (Å²) in [7, 11) is 0. The van der Waals surface area contributed by atoms with Crippen molar-refractivity contribution in [2.24, 2.45) is 0 Å². The molecule has 0 spiro atoms. The summed E-state index contributed by atoms with van der Waals surface area (Å²) >= 11 is 1.87. The molecule has 3 N–H and O–H groups in total. The second-order valence-electron chi connectivity index (χ2n) is 3.82. The second kappa shape index (κ2) is 7.17. The fourth-order valence-corrected chi connectivity index (χ4v) is 2.18. The number of nitrogen functional groups attached to an aromatic ring is 1. The van der Waals surface area contributed by atoms with Gasteiger partial charge in [0, 0.05) is 24.1 Å². The number of nitrogens with zero attached hydrogens (tertiary/aromatic N) is 1. The fraction of sp³-hybridized carbons (Fsp3) is 0.500. The number of anilines is 1. The van der Waals surface area contributed by atoms with Crippen molar-refractivity contribution in [2.75, 3.05) is 17.2 Å². The highest BCUT2D eigenvalue weighted by Gasteiger charge is 2.12. The van der Waals surface area contributed by atoms with E-state index in [-0.39, 0.29) is 11.9 Å². The summed E-state index contributed by atoms with van der Waals surface area (Å²) in [6.45, 7) is 4.13. The Labute approximate surface area is 106 Å². The quantitative estimate of drug-likeness (QED) is 0.760. The van der Waals surface area contributed by atoms with Crippen molar-refractivity contribution in [3.63, 3.8) is 0 Å². The molecule has 4 nitrogen and oxygen atoms in total. The molecule has 0 aliphatic rings. The number of carbonyl (C=O) groups excluding carboxylic acids is 1. The van der Waals surface area contributed by atoms with Crippen LogP contribution in [0.1, 0.15) is 30.6 Å². The number of hydrogen-bond acceptors (Lipinski definition) is 4. The molecule has 1 amide bonds. The summed E-state index contributed by atoms with van der Waals surface area (Å²) in [5, 5.41) is 2.92. The first-order valence-corrected chi connectivity index (χ1v) is 6.88. The topological polar surface area (TPSA) is 68.0 Å². The molecule has 5 heteroatoms. The third-order valence-corrected chi connectivity index (χ3v) is 3.31. The zero-order valence-electron chi connectivity index (χ0n) is 10.3. The summed E-state index contributed by atoms with van der Waals surface area (Å²) in [6.07, 6.45) is 4.04. The number of amides is 1. The molecule has 0 saturated carbocycles. The number of nitrogens with one attached hydrogen (secondary N) is 1. The first kappa shape index (κ1) is 13.8. The SMILES string of the molecule is CCSCCC(C)NC(=O)c1cnccc1N. The molecule has 0 aliphatic heterocycles. The molecule has 1 atom stereocenters. The van der Waals surface area contributed by atoms with Gasteiger partial charge in [0.15, 0.2) is 0 Å². The van der Waals surface area contributed by atoms with Gasteiger partial charge in [-0.15, -0.1) is 0 Å². The molecule has 0 fully saturated rings. The van der Waals surface area contributed by atoms with Crippen LogP contribution in [0.4, 0.5) is 5.69 Å². The summed E-state index contributed by atoms with van der Waals surface area (Å²) in [4.78, 5) is 15.8. The molecule has 1 unspecified atom stereocenters. The summed E-state index contributed by atoms with van der Waals surface area (Å²) in [5.74, 6) is 2.01. The lowest BCUT2D eigenvalue weighted by Crippen LogP contribution is -2.33. The van der Waals surface area contributed by atoms with Gasteiger partial charge < -0.3 is 11.1 Å². The van der Waals surface area contributed by atoms with E-state index in [9.17, 15) is 4.79 Å². The molecule has 1 aromatic heterocycles. The Balaban J connectivity index is 2.46. The number of rotatable bonds is 6. The Bertz CT molecular complexity index is 371. The van der Waals surface area contributed by atoms with Crippen LogP contribution in [0.25, 0.3) is 0 Å². The molecule has 0 aromatic carbocycles. The third kappa shape index (κ3) is 4.65. The lowest BCUT2D eigenvalue weighted by molar-refractivity contribution is 0.0940. The van der Waals surface area contributed by atoms with Crippen LogP contribution in [0.2, 0.25) is 0 Å². The van der Waals surface area contributed by atoms with E-state index in [0.717, 1.165) is 17.9 Å². The third-order valence-electron chi connectivity index (χ3n) is 2.38. The van der Waals surface area contributed by atoms with Crippen molar-refractivity contribution in [1.82, 2.24) is 10.3 Å². The predicted molar refractivity (Wildman–Crippen MR) is 73.2 cm³/mol. The zero-order chi connectivity index (χ0) is 12.7. The Morgan fingerprint density at radius 3 is 3.06 bits per heavy atom. The van der Waals surface area contributed by atoms with Gasteiger partial charge in [0.25, 0.3) is 5.91 Å². The van der Waals surface area contributed by atoms with Crippen LogP contribution in [0.5, 0.6) is 0 Å². The van der Waals surface area contributed by atoms with E-state index in [1.54, 1.807) is 12.3 Å². The molecule has 17 heavy (non-hydrogen) atoms. The molecule has 0 aliphatic carbocycles. The molecule has 0 bridgehead atoms. The average Bonchev–Trinajstić information content (AvgIpc) is 2.29. The molecule has 1 aromatic rings. The highest BCUT2D eigenvalue weighted by atomic mass is 32.2. The minimum atomic E-state index is -0.149. The summed E-state index contributed by atoms with van der Waals surface area (Å²) < 4.78 is 0. The van der Waals surface area contributed by atoms with Crippen molar-refractivity contribution in [3.05, 3.63) is 24.0 Å². The van der Waals surface area contributed by atoms with Crippen molar-refractivity contribution in [3.8, 4) is 0 Å². The van der Waals surface area contributed by atoms with E-state index in [4.69, 9.17) is 5.73 Å². The van der Waals surface area contributed by atoms with Crippen LogP contribution < -0.4 is 11.1 Å². The molecule has 0 saturated heterocycles. The first-order valence-electron chi connectivity index (χ1n) is 5.73. The van der Waals surface area contributed by atoms with Crippen molar-refractivity contribution in [1.29, 1.82) is 0 Å².